The molecule has 1 N–H and O–H groups in total. The van der Waals surface area contributed by atoms with E-state index in [0.29, 0.717) is 25.0 Å². The van der Waals surface area contributed by atoms with Crippen molar-refractivity contribution in [1.82, 2.24) is 20.0 Å². The van der Waals surface area contributed by atoms with Gasteiger partial charge >= 0.3 is 6.03 Å². The van der Waals surface area contributed by atoms with Crippen LogP contribution in [0, 0.1) is 5.92 Å². The van der Waals surface area contributed by atoms with Crippen molar-refractivity contribution in [1.29, 1.82) is 0 Å². The normalized spacial score (nSPS) is 27.4. The molecule has 0 unspecified atom stereocenters. The first-order valence-electron chi connectivity index (χ1n) is 6.41. The van der Waals surface area contributed by atoms with Gasteiger partial charge in [0.15, 0.2) is 0 Å². The van der Waals surface area contributed by atoms with Gasteiger partial charge in [-0.3, -0.25) is 14.9 Å². The van der Waals surface area contributed by atoms with Crippen molar-refractivity contribution >= 4 is 17.8 Å². The molecule has 0 aromatic rings. The molecule has 19 heavy (non-hydrogen) atoms. The summed E-state index contributed by atoms with van der Waals surface area (Å²) in [6.07, 6.45) is 0. The Morgan fingerprint density at radius 2 is 2.05 bits per heavy atom. The Bertz CT molecular complexity index is 410. The molecule has 0 aromatic carbocycles. The molecule has 2 saturated heterocycles. The average Bonchev–Trinajstić information content (AvgIpc) is 2.83. The first-order chi connectivity index (χ1) is 8.88. The third kappa shape index (κ3) is 2.86. The van der Waals surface area contributed by atoms with Crippen molar-refractivity contribution < 1.29 is 14.4 Å². The minimum absolute atomic E-state index is 0.0227. The molecule has 0 spiro atoms. The second kappa shape index (κ2) is 5.16. The molecule has 2 fully saturated rings. The number of nitrogens with zero attached hydrogens (tertiary/aromatic N) is 3. The van der Waals surface area contributed by atoms with Crippen molar-refractivity contribution in [3.05, 3.63) is 0 Å². The van der Waals surface area contributed by atoms with E-state index in [-0.39, 0.29) is 24.9 Å². The topological polar surface area (TPSA) is 73.0 Å². The van der Waals surface area contributed by atoms with Gasteiger partial charge in [0.1, 0.15) is 13.1 Å². The van der Waals surface area contributed by atoms with Gasteiger partial charge in [-0.05, 0) is 20.0 Å². The Balaban J connectivity index is 1.91. The zero-order valence-corrected chi connectivity index (χ0v) is 11.5. The largest absolute Gasteiger partial charge is 0.339 e. The van der Waals surface area contributed by atoms with E-state index in [1.54, 1.807) is 4.90 Å². The highest BCUT2D eigenvalue weighted by Gasteiger charge is 2.36. The molecule has 106 valence electrons. The molecule has 2 aliphatic rings. The lowest BCUT2D eigenvalue weighted by molar-refractivity contribution is -0.131. The molecule has 0 aliphatic carbocycles. The summed E-state index contributed by atoms with van der Waals surface area (Å²) in [6, 6.07) is -0.132. The van der Waals surface area contributed by atoms with E-state index >= 15 is 0 Å². The Hall–Kier alpha value is -1.63. The summed E-state index contributed by atoms with van der Waals surface area (Å²) in [4.78, 5) is 39.7. The van der Waals surface area contributed by atoms with Gasteiger partial charge in [0.2, 0.25) is 11.8 Å². The smallest absolute Gasteiger partial charge is 0.325 e. The van der Waals surface area contributed by atoms with E-state index < -0.39 is 6.03 Å². The van der Waals surface area contributed by atoms with Crippen molar-refractivity contribution in [3.8, 4) is 0 Å². The second-order valence-corrected chi connectivity index (χ2v) is 5.52. The summed E-state index contributed by atoms with van der Waals surface area (Å²) >= 11 is 0. The lowest BCUT2D eigenvalue weighted by Crippen LogP contribution is -2.42. The predicted molar refractivity (Wildman–Crippen MR) is 68.3 cm³/mol. The number of imide groups is 1. The molecule has 0 bridgehead atoms. The minimum Gasteiger partial charge on any atom is -0.339 e. The van der Waals surface area contributed by atoms with E-state index in [4.69, 9.17) is 0 Å². The number of likely N-dealkylation sites (tertiary alicyclic amines) is 1. The fourth-order valence-corrected chi connectivity index (χ4v) is 2.70. The van der Waals surface area contributed by atoms with Crippen molar-refractivity contribution in [2.75, 3.05) is 40.3 Å². The van der Waals surface area contributed by atoms with Crippen LogP contribution in [0.1, 0.15) is 6.92 Å². The average molecular weight is 268 g/mol. The number of rotatable bonds is 3. The Kier molecular flexibility index (Phi) is 3.75. The first-order valence-corrected chi connectivity index (χ1v) is 6.41. The van der Waals surface area contributed by atoms with Crippen molar-refractivity contribution in [3.63, 3.8) is 0 Å². The molecule has 2 heterocycles. The molecule has 2 rings (SSSR count). The van der Waals surface area contributed by atoms with Crippen LogP contribution >= 0.6 is 0 Å². The number of likely N-dealkylation sites (N-methyl/N-ethyl adjacent to an activating group) is 1. The highest BCUT2D eigenvalue weighted by atomic mass is 16.2. The zero-order valence-electron chi connectivity index (χ0n) is 11.5. The quantitative estimate of drug-likeness (QED) is 0.663. The first kappa shape index (κ1) is 13.8. The maximum absolute atomic E-state index is 12.1. The molecule has 0 radical (unpaired) electrons. The Labute approximate surface area is 112 Å². The van der Waals surface area contributed by atoms with Crippen molar-refractivity contribution in [2.24, 2.45) is 5.92 Å². The summed E-state index contributed by atoms with van der Waals surface area (Å²) in [5.41, 5.74) is 0. The number of carbonyl (C=O) groups excluding carboxylic acids is 3. The molecule has 0 saturated carbocycles. The minimum atomic E-state index is -0.477. The van der Waals surface area contributed by atoms with Crippen LogP contribution in [-0.4, -0.2) is 78.9 Å². The summed E-state index contributed by atoms with van der Waals surface area (Å²) < 4.78 is 0. The van der Waals surface area contributed by atoms with Crippen LogP contribution in [0.2, 0.25) is 0 Å². The van der Waals surface area contributed by atoms with Gasteiger partial charge in [0.05, 0.1) is 0 Å². The Morgan fingerprint density at radius 3 is 2.53 bits per heavy atom. The Morgan fingerprint density at radius 1 is 1.37 bits per heavy atom. The van der Waals surface area contributed by atoms with Gasteiger partial charge in [-0.1, -0.05) is 6.92 Å². The highest BCUT2D eigenvalue weighted by molar-refractivity contribution is 6.03. The lowest BCUT2D eigenvalue weighted by Gasteiger charge is -2.23. The van der Waals surface area contributed by atoms with Crippen LogP contribution < -0.4 is 5.32 Å². The molecule has 0 aromatic heterocycles. The van der Waals surface area contributed by atoms with Gasteiger partial charge in [0, 0.05) is 19.1 Å². The van der Waals surface area contributed by atoms with Crippen LogP contribution in [0.3, 0.4) is 0 Å². The second-order valence-electron chi connectivity index (χ2n) is 5.52. The van der Waals surface area contributed by atoms with Crippen LogP contribution in [0.15, 0.2) is 0 Å². The summed E-state index contributed by atoms with van der Waals surface area (Å²) in [7, 11) is 4.00. The lowest BCUT2D eigenvalue weighted by atomic mass is 10.1. The zero-order chi connectivity index (χ0) is 14.2. The van der Waals surface area contributed by atoms with Gasteiger partial charge in [-0.2, -0.15) is 0 Å². The number of carbonyl (C=O) groups is 3. The van der Waals surface area contributed by atoms with Crippen molar-refractivity contribution in [2.45, 2.75) is 13.0 Å². The predicted octanol–water partition coefficient (Wildman–Crippen LogP) is -1.05. The number of nitrogens with one attached hydrogen (secondary N) is 1. The van der Waals surface area contributed by atoms with Gasteiger partial charge in [0.25, 0.3) is 0 Å². The molecule has 2 atom stereocenters. The molecule has 2 aliphatic heterocycles. The fraction of sp³-hybridized carbons (Fsp3) is 0.750. The number of hydrogen-bond acceptors (Lipinski definition) is 4. The monoisotopic (exact) mass is 268 g/mol. The standard InChI is InChI=1S/C12H20N4O3/c1-8-4-15(5-9(8)14(2)3)11(18)7-16-6-10(17)13-12(16)19/h8-9H,4-7H2,1-3H3,(H,13,17,19)/t8-,9-/m0/s1. The maximum atomic E-state index is 12.1. The molecular weight excluding hydrogens is 248 g/mol. The van der Waals surface area contributed by atoms with Crippen LogP contribution in [0.5, 0.6) is 0 Å². The third-order valence-corrected chi connectivity index (χ3v) is 3.78. The van der Waals surface area contributed by atoms with E-state index in [2.05, 4.69) is 17.1 Å². The molecule has 7 nitrogen and oxygen atoms in total. The van der Waals surface area contributed by atoms with E-state index in [1.807, 2.05) is 14.1 Å². The number of urea groups is 1. The molecular formula is C12H20N4O3. The van der Waals surface area contributed by atoms with Gasteiger partial charge < -0.3 is 14.7 Å². The van der Waals surface area contributed by atoms with Crippen LogP contribution in [-0.2, 0) is 9.59 Å². The van der Waals surface area contributed by atoms with Gasteiger partial charge in [-0.15, -0.1) is 0 Å². The van der Waals surface area contributed by atoms with Crippen LogP contribution in [0.25, 0.3) is 0 Å². The SMILES string of the molecule is C[C@H]1CN(C(=O)CN2CC(=O)NC2=O)C[C@@H]1N(C)C. The van der Waals surface area contributed by atoms with Gasteiger partial charge in [-0.25, -0.2) is 4.79 Å². The summed E-state index contributed by atoms with van der Waals surface area (Å²) in [5, 5.41) is 2.17. The van der Waals surface area contributed by atoms with Crippen LogP contribution in [0.4, 0.5) is 4.79 Å². The third-order valence-electron chi connectivity index (χ3n) is 3.78. The summed E-state index contributed by atoms with van der Waals surface area (Å²) in [5.74, 6) is -0.0344. The van der Waals surface area contributed by atoms with E-state index in [0.717, 1.165) is 0 Å². The number of hydrogen-bond donors (Lipinski definition) is 1. The number of amides is 4. The molecule has 7 heteroatoms. The van der Waals surface area contributed by atoms with E-state index in [1.165, 1.54) is 4.90 Å². The maximum Gasteiger partial charge on any atom is 0.325 e. The highest BCUT2D eigenvalue weighted by Crippen LogP contribution is 2.20. The van der Waals surface area contributed by atoms with E-state index in [9.17, 15) is 14.4 Å². The summed E-state index contributed by atoms with van der Waals surface area (Å²) in [6.45, 7) is 3.45. The molecule has 4 amide bonds. The fourth-order valence-electron chi connectivity index (χ4n) is 2.70.